The van der Waals surface area contributed by atoms with Crippen molar-refractivity contribution in [1.82, 2.24) is 0 Å². The molecule has 20 heavy (non-hydrogen) atoms. The van der Waals surface area contributed by atoms with Gasteiger partial charge in [-0.05, 0) is 47.8 Å². The van der Waals surface area contributed by atoms with E-state index >= 15 is 0 Å². The van der Waals surface area contributed by atoms with E-state index in [0.29, 0.717) is 24.0 Å². The van der Waals surface area contributed by atoms with Gasteiger partial charge in [0.25, 0.3) is 0 Å². The summed E-state index contributed by atoms with van der Waals surface area (Å²) in [6, 6.07) is 14.3. The standard InChI is InChI=1S/C19H18O/c20-19-17-9-13-5-1-2-6-14(13)10-18(19)12-16-8-4-3-7-15(16)11-17/h1-8,17-18H,9-12H2/t17-,18+/i9D2,10D2. The molecule has 2 bridgehead atoms. The molecule has 0 spiro atoms. The van der Waals surface area contributed by atoms with Crippen LogP contribution < -0.4 is 0 Å². The van der Waals surface area contributed by atoms with Crippen molar-refractivity contribution in [1.29, 1.82) is 0 Å². The highest BCUT2D eigenvalue weighted by Crippen LogP contribution is 2.34. The van der Waals surface area contributed by atoms with Crippen molar-refractivity contribution in [2.75, 3.05) is 0 Å². The van der Waals surface area contributed by atoms with Crippen LogP contribution in [-0.4, -0.2) is 5.78 Å². The van der Waals surface area contributed by atoms with Crippen LogP contribution in [0.15, 0.2) is 48.5 Å². The first kappa shape index (κ1) is 8.41. The van der Waals surface area contributed by atoms with E-state index in [0.717, 1.165) is 11.1 Å². The van der Waals surface area contributed by atoms with Gasteiger partial charge in [-0.25, -0.2) is 0 Å². The van der Waals surface area contributed by atoms with Crippen LogP contribution >= 0.6 is 0 Å². The number of benzene rings is 2. The predicted octanol–water partition coefficient (Wildman–Crippen LogP) is 3.39. The molecular weight excluding hydrogens is 244 g/mol. The molecule has 0 saturated heterocycles. The summed E-state index contributed by atoms with van der Waals surface area (Å²) in [4.78, 5) is 13.1. The Hall–Kier alpha value is -1.89. The molecule has 2 aromatic carbocycles. The second-order valence-electron chi connectivity index (χ2n) is 5.52. The van der Waals surface area contributed by atoms with E-state index in [1.54, 1.807) is 24.3 Å². The maximum Gasteiger partial charge on any atom is 0.140 e. The Balaban J connectivity index is 2.01. The molecule has 2 aromatic rings. The largest absolute Gasteiger partial charge is 0.299 e. The molecule has 0 aromatic heterocycles. The first-order chi connectivity index (χ1) is 11.3. The maximum absolute atomic E-state index is 13.1. The van der Waals surface area contributed by atoms with Crippen LogP contribution in [0.25, 0.3) is 0 Å². The summed E-state index contributed by atoms with van der Waals surface area (Å²) in [6.07, 6.45) is -3.12. The second kappa shape index (κ2) is 4.59. The SMILES string of the molecule is [2H]C1([2H])c2ccccc2C([2H])([2H])[C@H]2Cc3ccccc3C[C@@H]1C2=O. The fourth-order valence-corrected chi connectivity index (χ4v) is 3.19. The van der Waals surface area contributed by atoms with Gasteiger partial charge in [0.15, 0.2) is 0 Å². The van der Waals surface area contributed by atoms with Crippen LogP contribution in [0.5, 0.6) is 0 Å². The molecule has 1 nitrogen and oxygen atoms in total. The average Bonchev–Trinajstić information content (AvgIpc) is 2.74. The third kappa shape index (κ3) is 1.89. The minimum Gasteiger partial charge on any atom is -0.299 e. The van der Waals surface area contributed by atoms with E-state index in [4.69, 9.17) is 5.48 Å². The molecule has 4 rings (SSSR count). The van der Waals surface area contributed by atoms with Crippen molar-refractivity contribution in [3.63, 3.8) is 0 Å². The second-order valence-corrected chi connectivity index (χ2v) is 5.52. The molecule has 0 aliphatic heterocycles. The van der Waals surface area contributed by atoms with Crippen LogP contribution in [0.1, 0.15) is 27.7 Å². The first-order valence-corrected chi connectivity index (χ1v) is 7.04. The molecule has 0 saturated carbocycles. The van der Waals surface area contributed by atoms with Crippen LogP contribution in [0, 0.1) is 11.8 Å². The zero-order valence-electron chi connectivity index (χ0n) is 15.1. The summed E-state index contributed by atoms with van der Waals surface area (Å²) in [7, 11) is 0. The van der Waals surface area contributed by atoms with E-state index < -0.39 is 24.6 Å². The Morgan fingerprint density at radius 1 is 0.750 bits per heavy atom. The van der Waals surface area contributed by atoms with Gasteiger partial charge in [0.2, 0.25) is 0 Å². The van der Waals surface area contributed by atoms with E-state index in [2.05, 4.69) is 0 Å². The molecule has 0 fully saturated rings. The third-order valence-corrected chi connectivity index (χ3v) is 4.24. The number of hydrogen-bond acceptors (Lipinski definition) is 1. The van der Waals surface area contributed by atoms with Crippen LogP contribution in [0.4, 0.5) is 0 Å². The summed E-state index contributed by atoms with van der Waals surface area (Å²) in [5.41, 5.74) is 2.54. The van der Waals surface area contributed by atoms with Gasteiger partial charge >= 0.3 is 0 Å². The maximum atomic E-state index is 13.1. The molecule has 100 valence electrons. The van der Waals surface area contributed by atoms with Gasteiger partial charge in [0, 0.05) is 17.3 Å². The van der Waals surface area contributed by atoms with E-state index in [-0.39, 0.29) is 5.78 Å². The molecule has 2 aliphatic rings. The minimum absolute atomic E-state index is 0.294. The van der Waals surface area contributed by atoms with Gasteiger partial charge in [-0.1, -0.05) is 48.5 Å². The highest BCUT2D eigenvalue weighted by molar-refractivity contribution is 5.86. The quantitative estimate of drug-likeness (QED) is 0.714. The first-order valence-electron chi connectivity index (χ1n) is 9.04. The van der Waals surface area contributed by atoms with Crippen molar-refractivity contribution in [3.05, 3.63) is 70.8 Å². The lowest BCUT2D eigenvalue weighted by Gasteiger charge is -2.13. The topological polar surface area (TPSA) is 17.1 Å². The molecule has 0 heterocycles. The molecular formula is C19H18O. The molecule has 0 N–H and O–H groups in total. The van der Waals surface area contributed by atoms with Crippen molar-refractivity contribution in [2.45, 2.75) is 25.6 Å². The smallest absolute Gasteiger partial charge is 0.140 e. The monoisotopic (exact) mass is 266 g/mol. The van der Waals surface area contributed by atoms with Crippen LogP contribution in [-0.2, 0) is 30.4 Å². The van der Waals surface area contributed by atoms with Crippen molar-refractivity contribution in [3.8, 4) is 0 Å². The Morgan fingerprint density at radius 2 is 1.15 bits per heavy atom. The summed E-state index contributed by atoms with van der Waals surface area (Å²) in [6.45, 7) is 0. The fraction of sp³-hybridized carbons (Fsp3) is 0.316. The molecule has 0 radical (unpaired) electrons. The predicted molar refractivity (Wildman–Crippen MR) is 79.7 cm³/mol. The van der Waals surface area contributed by atoms with E-state index in [1.165, 1.54) is 0 Å². The number of ketones is 1. The van der Waals surface area contributed by atoms with Gasteiger partial charge in [-0.15, -0.1) is 0 Å². The fourth-order valence-electron chi connectivity index (χ4n) is 3.19. The average molecular weight is 266 g/mol. The lowest BCUT2D eigenvalue weighted by molar-refractivity contribution is -0.126. The normalized spacial score (nSPS) is 32.3. The Labute approximate surface area is 125 Å². The van der Waals surface area contributed by atoms with Gasteiger partial charge in [0.05, 0.1) is 0 Å². The number of carbonyl (C=O) groups excluding carboxylic acids is 1. The van der Waals surface area contributed by atoms with Gasteiger partial charge < -0.3 is 0 Å². The lowest BCUT2D eigenvalue weighted by Crippen LogP contribution is -2.24. The zero-order valence-corrected chi connectivity index (χ0v) is 11.1. The summed E-state index contributed by atoms with van der Waals surface area (Å²) >= 11 is 0. The molecule has 0 amide bonds. The summed E-state index contributed by atoms with van der Waals surface area (Å²) < 4.78 is 34.6. The zero-order chi connectivity index (χ0) is 17.1. The number of Topliss-reactive ketones (excluding diaryl/α,β-unsaturated/α-hetero) is 1. The number of rotatable bonds is 0. The number of fused-ring (bicyclic) bond motifs is 4. The highest BCUT2D eigenvalue weighted by Gasteiger charge is 2.34. The Bertz CT molecular complexity index is 762. The van der Waals surface area contributed by atoms with Crippen LogP contribution in [0.3, 0.4) is 0 Å². The number of hydrogen-bond donors (Lipinski definition) is 0. The molecule has 1 heteroatoms. The minimum atomic E-state index is -1.88. The summed E-state index contributed by atoms with van der Waals surface area (Å²) in [5.74, 6) is -2.01. The lowest BCUT2D eigenvalue weighted by atomic mass is 9.89. The van der Waals surface area contributed by atoms with Crippen molar-refractivity contribution in [2.24, 2.45) is 11.8 Å². The molecule has 2 aliphatic carbocycles. The van der Waals surface area contributed by atoms with Gasteiger partial charge in [-0.2, -0.15) is 0 Å². The summed E-state index contributed by atoms with van der Waals surface area (Å²) in [5, 5.41) is 0. The van der Waals surface area contributed by atoms with E-state index in [9.17, 15) is 4.79 Å². The Morgan fingerprint density at radius 3 is 1.60 bits per heavy atom. The van der Waals surface area contributed by atoms with Crippen LogP contribution in [0.2, 0.25) is 0 Å². The number of carbonyl (C=O) groups is 1. The van der Waals surface area contributed by atoms with Crippen molar-refractivity contribution < 1.29 is 10.3 Å². The van der Waals surface area contributed by atoms with Gasteiger partial charge in [0.1, 0.15) is 5.78 Å². The molecule has 0 unspecified atom stereocenters. The highest BCUT2D eigenvalue weighted by atomic mass is 16.1. The third-order valence-electron chi connectivity index (χ3n) is 4.24. The van der Waals surface area contributed by atoms with Gasteiger partial charge in [-0.3, -0.25) is 4.79 Å². The van der Waals surface area contributed by atoms with E-state index in [1.807, 2.05) is 24.3 Å². The Kier molecular flexibility index (Phi) is 1.93. The molecule has 2 atom stereocenters. The van der Waals surface area contributed by atoms with Crippen molar-refractivity contribution >= 4 is 5.78 Å².